The second-order valence-electron chi connectivity index (χ2n) is 5.05. The molecule has 92 valence electrons. The van der Waals surface area contributed by atoms with Crippen LogP contribution < -0.4 is 5.32 Å². The molecule has 3 rings (SSSR count). The third-order valence-corrected chi connectivity index (χ3v) is 3.78. The van der Waals surface area contributed by atoms with Gasteiger partial charge in [0.1, 0.15) is 17.3 Å². The molecule has 2 aromatic rings. The summed E-state index contributed by atoms with van der Waals surface area (Å²) < 4.78 is 0. The van der Waals surface area contributed by atoms with Crippen molar-refractivity contribution in [2.24, 2.45) is 0 Å². The number of halogens is 1. The van der Waals surface area contributed by atoms with Gasteiger partial charge >= 0.3 is 0 Å². The Kier molecular flexibility index (Phi) is 2.54. The van der Waals surface area contributed by atoms with E-state index in [1.165, 1.54) is 12.8 Å². The Hall–Kier alpha value is -1.57. The van der Waals surface area contributed by atoms with Gasteiger partial charge < -0.3 is 10.3 Å². The number of H-pyrrole nitrogens is 1. The maximum atomic E-state index is 9.00. The van der Waals surface area contributed by atoms with Gasteiger partial charge in [-0.1, -0.05) is 11.6 Å². The number of nitrogens with zero attached hydrogens (tertiary/aromatic N) is 2. The lowest BCUT2D eigenvalue weighted by Crippen LogP contribution is -2.27. The summed E-state index contributed by atoms with van der Waals surface area (Å²) in [5.74, 6) is 0. The lowest BCUT2D eigenvalue weighted by molar-refractivity contribution is 0.539. The van der Waals surface area contributed by atoms with Crippen molar-refractivity contribution in [3.63, 3.8) is 0 Å². The van der Waals surface area contributed by atoms with Crippen LogP contribution in [0.3, 0.4) is 0 Å². The predicted molar refractivity (Wildman–Crippen MR) is 70.3 cm³/mol. The van der Waals surface area contributed by atoms with Crippen LogP contribution in [-0.4, -0.2) is 15.5 Å². The largest absolute Gasteiger partial charge is 0.358 e. The molecular formula is C13H13ClN4. The maximum Gasteiger partial charge on any atom is 0.141 e. The molecule has 0 unspecified atom stereocenters. The zero-order chi connectivity index (χ0) is 12.8. The minimum Gasteiger partial charge on any atom is -0.358 e. The number of hydrogen-bond donors (Lipinski definition) is 2. The van der Waals surface area contributed by atoms with Crippen LogP contribution in [-0.2, 0) is 6.54 Å². The maximum absolute atomic E-state index is 9.00. The summed E-state index contributed by atoms with van der Waals surface area (Å²) in [7, 11) is 0. The van der Waals surface area contributed by atoms with Gasteiger partial charge in [-0.25, -0.2) is 4.98 Å². The molecule has 0 radical (unpaired) electrons. The Balaban J connectivity index is 2.00. The van der Waals surface area contributed by atoms with E-state index in [9.17, 15) is 0 Å². The van der Waals surface area contributed by atoms with Crippen LogP contribution in [0.2, 0.25) is 5.02 Å². The summed E-state index contributed by atoms with van der Waals surface area (Å²) in [5, 5.41) is 13.1. The molecule has 0 saturated heterocycles. The molecule has 2 aromatic heterocycles. The molecule has 0 spiro atoms. The van der Waals surface area contributed by atoms with Crippen molar-refractivity contribution in [1.82, 2.24) is 15.3 Å². The number of nitrogens with one attached hydrogen (secondary N) is 2. The summed E-state index contributed by atoms with van der Waals surface area (Å²) in [6.07, 6.45) is 4.12. The summed E-state index contributed by atoms with van der Waals surface area (Å²) >= 11 is 6.05. The topological polar surface area (TPSA) is 64.5 Å². The normalized spacial score (nSPS) is 16.7. The van der Waals surface area contributed by atoms with Gasteiger partial charge in [-0.2, -0.15) is 5.26 Å². The first-order valence-electron chi connectivity index (χ1n) is 5.93. The lowest BCUT2D eigenvalue weighted by Gasteiger charge is -2.12. The molecule has 4 nitrogen and oxygen atoms in total. The van der Waals surface area contributed by atoms with Crippen molar-refractivity contribution >= 4 is 22.6 Å². The lowest BCUT2D eigenvalue weighted by atomic mass is 10.1. The van der Waals surface area contributed by atoms with Crippen LogP contribution in [0.1, 0.15) is 31.0 Å². The smallest absolute Gasteiger partial charge is 0.141 e. The third kappa shape index (κ3) is 1.96. The standard InChI is InChI=1S/C13H13ClN4/c1-13(2-3-13)17-6-8-4-9(5-15)18-12-10(14)7-16-11(8)12/h4,7,16-17H,2-3,6H2,1H3. The van der Waals surface area contributed by atoms with E-state index < -0.39 is 0 Å². The zero-order valence-electron chi connectivity index (χ0n) is 10.0. The van der Waals surface area contributed by atoms with Crippen LogP contribution in [0.4, 0.5) is 0 Å². The summed E-state index contributed by atoms with van der Waals surface area (Å²) in [6, 6.07) is 3.89. The second kappa shape index (κ2) is 3.98. The van der Waals surface area contributed by atoms with E-state index in [-0.39, 0.29) is 5.54 Å². The van der Waals surface area contributed by atoms with E-state index >= 15 is 0 Å². The number of rotatable bonds is 3. The van der Waals surface area contributed by atoms with Gasteiger partial charge in [0.15, 0.2) is 0 Å². The summed E-state index contributed by atoms with van der Waals surface area (Å²) in [6.45, 7) is 2.93. The number of fused-ring (bicyclic) bond motifs is 1. The first-order chi connectivity index (χ1) is 8.61. The first-order valence-corrected chi connectivity index (χ1v) is 6.31. The highest BCUT2D eigenvalue weighted by Crippen LogP contribution is 2.35. The molecule has 5 heteroatoms. The molecule has 0 amide bonds. The van der Waals surface area contributed by atoms with Gasteiger partial charge in [0.25, 0.3) is 0 Å². The van der Waals surface area contributed by atoms with E-state index in [1.807, 2.05) is 6.07 Å². The Bertz CT molecular complexity index is 649. The SMILES string of the molecule is CC1(NCc2cc(C#N)nc3c(Cl)c[nH]c23)CC1. The minimum absolute atomic E-state index is 0.263. The van der Waals surface area contributed by atoms with Gasteiger partial charge in [0.05, 0.1) is 10.5 Å². The van der Waals surface area contributed by atoms with Gasteiger partial charge in [-0.05, 0) is 31.4 Å². The molecule has 2 N–H and O–H groups in total. The minimum atomic E-state index is 0.263. The van der Waals surface area contributed by atoms with E-state index in [2.05, 4.69) is 28.3 Å². The van der Waals surface area contributed by atoms with Crippen LogP contribution in [0, 0.1) is 11.3 Å². The van der Waals surface area contributed by atoms with Crippen LogP contribution in [0.5, 0.6) is 0 Å². The van der Waals surface area contributed by atoms with Gasteiger partial charge in [0.2, 0.25) is 0 Å². The van der Waals surface area contributed by atoms with E-state index in [0.717, 1.165) is 17.6 Å². The fraction of sp³-hybridized carbons (Fsp3) is 0.385. The number of hydrogen-bond acceptors (Lipinski definition) is 3. The van der Waals surface area contributed by atoms with Crippen LogP contribution in [0.15, 0.2) is 12.3 Å². The monoisotopic (exact) mass is 260 g/mol. The molecule has 0 aliphatic heterocycles. The fourth-order valence-electron chi connectivity index (χ4n) is 2.01. The molecule has 1 aliphatic rings. The highest BCUT2D eigenvalue weighted by atomic mass is 35.5. The second-order valence-corrected chi connectivity index (χ2v) is 5.46. The average molecular weight is 261 g/mol. The average Bonchev–Trinajstić information content (AvgIpc) is 3.00. The molecule has 18 heavy (non-hydrogen) atoms. The number of aromatic amines is 1. The first kappa shape index (κ1) is 11.5. The van der Waals surface area contributed by atoms with E-state index in [0.29, 0.717) is 16.2 Å². The van der Waals surface area contributed by atoms with Crippen LogP contribution >= 0.6 is 11.6 Å². The quantitative estimate of drug-likeness (QED) is 0.892. The highest BCUT2D eigenvalue weighted by molar-refractivity contribution is 6.35. The fourth-order valence-corrected chi connectivity index (χ4v) is 2.20. The molecule has 1 aliphatic carbocycles. The number of nitriles is 1. The number of aromatic nitrogens is 2. The van der Waals surface area contributed by atoms with Crippen LogP contribution in [0.25, 0.3) is 11.0 Å². The molecule has 2 heterocycles. The van der Waals surface area contributed by atoms with Crippen molar-refractivity contribution in [2.45, 2.75) is 31.8 Å². The zero-order valence-corrected chi connectivity index (χ0v) is 10.8. The van der Waals surface area contributed by atoms with Crippen molar-refractivity contribution in [3.05, 3.63) is 28.5 Å². The molecular weight excluding hydrogens is 248 g/mol. The van der Waals surface area contributed by atoms with Gasteiger partial charge in [-0.3, -0.25) is 0 Å². The predicted octanol–water partition coefficient (Wildman–Crippen LogP) is 2.73. The molecule has 0 atom stereocenters. The van der Waals surface area contributed by atoms with Crippen molar-refractivity contribution < 1.29 is 0 Å². The summed E-state index contributed by atoms with van der Waals surface area (Å²) in [5.41, 5.74) is 3.29. The molecule has 0 aromatic carbocycles. The number of pyridine rings is 1. The van der Waals surface area contributed by atoms with E-state index in [4.69, 9.17) is 16.9 Å². The summed E-state index contributed by atoms with van der Waals surface area (Å²) in [4.78, 5) is 7.34. The van der Waals surface area contributed by atoms with E-state index in [1.54, 1.807) is 6.20 Å². The van der Waals surface area contributed by atoms with Gasteiger partial charge in [0, 0.05) is 18.3 Å². The van der Waals surface area contributed by atoms with Crippen molar-refractivity contribution in [1.29, 1.82) is 5.26 Å². The Morgan fingerprint density at radius 1 is 1.61 bits per heavy atom. The Morgan fingerprint density at radius 3 is 3.06 bits per heavy atom. The molecule has 1 saturated carbocycles. The third-order valence-electron chi connectivity index (χ3n) is 3.49. The van der Waals surface area contributed by atoms with Crippen molar-refractivity contribution in [3.8, 4) is 6.07 Å². The van der Waals surface area contributed by atoms with Gasteiger partial charge in [-0.15, -0.1) is 0 Å². The Labute approximate surface area is 110 Å². The van der Waals surface area contributed by atoms with Crippen molar-refractivity contribution in [2.75, 3.05) is 0 Å². The highest BCUT2D eigenvalue weighted by Gasteiger charge is 2.36. The molecule has 0 bridgehead atoms. The molecule has 1 fully saturated rings. The Morgan fingerprint density at radius 2 is 2.39 bits per heavy atom.